The molecule has 2 aromatic carbocycles. The molecule has 3 aromatic rings. The van der Waals surface area contributed by atoms with E-state index in [0.29, 0.717) is 25.2 Å². The van der Waals surface area contributed by atoms with E-state index >= 15 is 0 Å². The highest BCUT2D eigenvalue weighted by atomic mass is 33.1. The molecule has 0 bridgehead atoms. The number of quaternary nitrogens is 1. The monoisotopic (exact) mass is 624 g/mol. The number of ketones is 1. The Bertz CT molecular complexity index is 1310. The first kappa shape index (κ1) is 34.9. The fraction of sp³-hybridized carbons (Fsp3) is 0.529. The molecule has 1 amide bonds. The molecular weight excluding hydrogens is 575 g/mol. The average molecular weight is 625 g/mol. The molecule has 1 aliphatic heterocycles. The molecule has 1 aromatic heterocycles. The Kier molecular flexibility index (Phi) is 13.8. The number of nitrogens with one attached hydrogen (secondary N) is 1. The van der Waals surface area contributed by atoms with Crippen LogP contribution in [0, 0.1) is 13.8 Å². The Morgan fingerprint density at radius 1 is 1.07 bits per heavy atom. The lowest BCUT2D eigenvalue weighted by Crippen LogP contribution is -2.61. The average Bonchev–Trinajstić information content (AvgIpc) is 3.38. The summed E-state index contributed by atoms with van der Waals surface area (Å²) in [5.74, 6) is 1.22. The highest BCUT2D eigenvalue weighted by Crippen LogP contribution is 2.34. The van der Waals surface area contributed by atoms with E-state index < -0.39 is 0 Å². The van der Waals surface area contributed by atoms with Crippen molar-refractivity contribution in [3.8, 4) is 0 Å². The van der Waals surface area contributed by atoms with Crippen molar-refractivity contribution in [1.29, 1.82) is 0 Å². The summed E-state index contributed by atoms with van der Waals surface area (Å²) in [6, 6.07) is 15.3. The maximum absolute atomic E-state index is 13.9. The van der Waals surface area contributed by atoms with Crippen LogP contribution in [0.1, 0.15) is 74.4 Å². The van der Waals surface area contributed by atoms with Crippen molar-refractivity contribution in [2.45, 2.75) is 90.6 Å². The van der Waals surface area contributed by atoms with Crippen LogP contribution in [0.15, 0.2) is 53.6 Å². The molecule has 0 spiro atoms. The van der Waals surface area contributed by atoms with Gasteiger partial charge in [0.25, 0.3) is 0 Å². The summed E-state index contributed by atoms with van der Waals surface area (Å²) in [5.41, 5.74) is 5.77. The predicted octanol–water partition coefficient (Wildman–Crippen LogP) is 6.65. The van der Waals surface area contributed by atoms with E-state index in [1.807, 2.05) is 0 Å². The van der Waals surface area contributed by atoms with Crippen LogP contribution in [0.5, 0.6) is 0 Å². The van der Waals surface area contributed by atoms with Gasteiger partial charge in [-0.2, -0.15) is 0 Å². The van der Waals surface area contributed by atoms with Gasteiger partial charge in [0.2, 0.25) is 5.91 Å². The molecule has 4 rings (SSSR count). The first-order valence-electron chi connectivity index (χ1n) is 15.2. The molecule has 2 unspecified atom stereocenters. The van der Waals surface area contributed by atoms with Gasteiger partial charge in [0.05, 0.1) is 31.4 Å². The second-order valence-electron chi connectivity index (χ2n) is 11.6. The van der Waals surface area contributed by atoms with Gasteiger partial charge in [0.15, 0.2) is 5.78 Å². The fourth-order valence-corrected chi connectivity index (χ4v) is 8.04. The number of hydrogen-bond acceptors (Lipinski definition) is 6. The van der Waals surface area contributed by atoms with Crippen molar-refractivity contribution in [1.82, 2.24) is 20.3 Å². The summed E-state index contributed by atoms with van der Waals surface area (Å²) in [6.07, 6.45) is 8.08. The van der Waals surface area contributed by atoms with Crippen LogP contribution in [-0.2, 0) is 36.0 Å². The number of benzene rings is 2. The molecule has 2 heterocycles. The normalized spacial score (nSPS) is 18.2. The van der Waals surface area contributed by atoms with E-state index in [1.165, 1.54) is 33.6 Å². The van der Waals surface area contributed by atoms with E-state index in [4.69, 9.17) is 0 Å². The zero-order valence-corrected chi connectivity index (χ0v) is 27.2. The van der Waals surface area contributed by atoms with Crippen LogP contribution in [0.3, 0.4) is 0 Å². The number of likely N-dealkylation sites (tertiary alicyclic amines) is 1. The van der Waals surface area contributed by atoms with Crippen molar-refractivity contribution in [3.05, 3.63) is 76.6 Å². The quantitative estimate of drug-likeness (QED) is 0.116. The van der Waals surface area contributed by atoms with Crippen LogP contribution >= 0.6 is 21.6 Å². The Morgan fingerprint density at radius 2 is 1.81 bits per heavy atom. The Balaban J connectivity index is 0.00000506. The number of Topliss-reactive ketones (excluding diaryl/α,β-unsaturated/α-hetero) is 1. The molecule has 1 N–H and O–H groups in total. The number of rotatable bonds is 15. The van der Waals surface area contributed by atoms with Gasteiger partial charge in [-0.15, -0.1) is 5.10 Å². The lowest BCUT2D eigenvalue weighted by Gasteiger charge is -2.47. The zero-order valence-electron chi connectivity index (χ0n) is 25.6. The van der Waals surface area contributed by atoms with Crippen LogP contribution in [0.2, 0.25) is 0 Å². The van der Waals surface area contributed by atoms with Crippen molar-refractivity contribution < 1.29 is 14.1 Å². The van der Waals surface area contributed by atoms with Gasteiger partial charge in [-0.3, -0.25) is 14.3 Å². The number of amides is 1. The third kappa shape index (κ3) is 9.68. The van der Waals surface area contributed by atoms with Crippen LogP contribution in [0.25, 0.3) is 0 Å². The number of aromatic nitrogens is 3. The Labute approximate surface area is 266 Å². The molecule has 1 fully saturated rings. The number of nitrogens with zero attached hydrogens (tertiary/aromatic N) is 4. The van der Waals surface area contributed by atoms with Crippen molar-refractivity contribution in [2.75, 3.05) is 25.4 Å². The molecule has 0 radical (unpaired) electrons. The molecule has 1 saturated heterocycles. The lowest BCUT2D eigenvalue weighted by molar-refractivity contribution is -0.959. The van der Waals surface area contributed by atoms with Crippen molar-refractivity contribution in [2.24, 2.45) is 7.05 Å². The number of aryl methyl sites for hydroxylation is 3. The molecule has 9 heteroatoms. The van der Waals surface area contributed by atoms with Gasteiger partial charge in [-0.25, -0.2) is 0 Å². The second kappa shape index (κ2) is 17.0. The first-order chi connectivity index (χ1) is 20.3. The van der Waals surface area contributed by atoms with Gasteiger partial charge in [0.1, 0.15) is 12.6 Å². The molecule has 0 aliphatic carbocycles. The largest absolute Gasteiger partial charge is 0.355 e. The maximum atomic E-state index is 13.9. The van der Waals surface area contributed by atoms with Crippen LogP contribution in [0.4, 0.5) is 0 Å². The topological polar surface area (TPSA) is 76.9 Å². The molecule has 2 atom stereocenters. The van der Waals surface area contributed by atoms with E-state index in [-0.39, 0.29) is 19.4 Å². The number of hydrogen-bond donors (Lipinski definition) is 1. The van der Waals surface area contributed by atoms with E-state index in [1.54, 1.807) is 39.5 Å². The standard InChI is InChI=1S/C33H45N5O2S2.CH4/c1-5-6-18-38(19-8-7-12-31(38)32(39)22-30-25(2)10-9-11-26(30)3)24-27-13-15-29(16-14-27)42-41-20-17-34-33(40)21-28-23-35-36-37(28)4;/h9-11,13-16,23,31H,5-8,12,17-22,24H2,1-4H3;1H4/p+1. The number of carbonyl (C=O) groups is 2. The fourth-order valence-electron chi connectivity index (χ4n) is 6.14. The molecule has 234 valence electrons. The molecule has 7 nitrogen and oxygen atoms in total. The summed E-state index contributed by atoms with van der Waals surface area (Å²) in [7, 11) is 5.27. The second-order valence-corrected chi connectivity index (χ2v) is 14.1. The first-order valence-corrected chi connectivity index (χ1v) is 17.6. The maximum Gasteiger partial charge on any atom is 0.226 e. The van der Waals surface area contributed by atoms with Gasteiger partial charge < -0.3 is 9.80 Å². The number of unbranched alkanes of at least 4 members (excludes halogenated alkanes) is 1. The third-order valence-corrected chi connectivity index (χ3v) is 10.9. The number of carbonyl (C=O) groups excluding carboxylic acids is 2. The van der Waals surface area contributed by atoms with Gasteiger partial charge >= 0.3 is 0 Å². The Morgan fingerprint density at radius 3 is 2.49 bits per heavy atom. The highest BCUT2D eigenvalue weighted by molar-refractivity contribution is 8.76. The molecule has 0 saturated carbocycles. The lowest BCUT2D eigenvalue weighted by atomic mass is 9.88. The van der Waals surface area contributed by atoms with Crippen molar-refractivity contribution in [3.63, 3.8) is 0 Å². The summed E-state index contributed by atoms with van der Waals surface area (Å²) < 4.78 is 2.52. The number of piperidine rings is 1. The van der Waals surface area contributed by atoms with Gasteiger partial charge in [-0.1, -0.05) is 77.9 Å². The highest BCUT2D eigenvalue weighted by Gasteiger charge is 2.43. The zero-order chi connectivity index (χ0) is 30.0. The third-order valence-electron chi connectivity index (χ3n) is 8.55. The van der Waals surface area contributed by atoms with Crippen molar-refractivity contribution >= 4 is 33.3 Å². The van der Waals surface area contributed by atoms with Crippen LogP contribution < -0.4 is 5.32 Å². The summed E-state index contributed by atoms with van der Waals surface area (Å²) in [4.78, 5) is 27.3. The van der Waals surface area contributed by atoms with Gasteiger partial charge in [-0.05, 0) is 61.9 Å². The SMILES string of the molecule is C.CCCC[N+]1(Cc2ccc(SSCCNC(=O)Cc3cnnn3C)cc2)CCCCC1C(=O)Cc1c(C)cccc1C. The molecular formula is C34H50N5O2S2+. The minimum Gasteiger partial charge on any atom is -0.355 e. The van der Waals surface area contributed by atoms with E-state index in [0.717, 1.165) is 61.2 Å². The van der Waals surface area contributed by atoms with Crippen LogP contribution in [-0.4, -0.2) is 62.6 Å². The smallest absolute Gasteiger partial charge is 0.226 e. The van der Waals surface area contributed by atoms with Gasteiger partial charge in [0, 0.05) is 42.6 Å². The summed E-state index contributed by atoms with van der Waals surface area (Å²) >= 11 is 0. The molecule has 1 aliphatic rings. The Hall–Kier alpha value is -2.62. The van der Waals surface area contributed by atoms with E-state index in [2.05, 4.69) is 78.9 Å². The minimum absolute atomic E-state index is 0. The summed E-state index contributed by atoms with van der Waals surface area (Å²) in [6.45, 7) is 10.2. The molecule has 43 heavy (non-hydrogen) atoms. The summed E-state index contributed by atoms with van der Waals surface area (Å²) in [5, 5.41) is 10.7. The predicted molar refractivity (Wildman–Crippen MR) is 180 cm³/mol. The van der Waals surface area contributed by atoms with E-state index in [9.17, 15) is 9.59 Å². The minimum atomic E-state index is -0.0148.